The highest BCUT2D eigenvalue weighted by atomic mass is 19.1. The minimum absolute atomic E-state index is 0.215. The molecule has 0 saturated carbocycles. The molecule has 0 saturated heterocycles. The van der Waals surface area contributed by atoms with Gasteiger partial charge in [0.15, 0.2) is 5.82 Å². The van der Waals surface area contributed by atoms with Crippen LogP contribution in [0.3, 0.4) is 0 Å². The van der Waals surface area contributed by atoms with E-state index in [4.69, 9.17) is 0 Å². The number of halogens is 1. The summed E-state index contributed by atoms with van der Waals surface area (Å²) in [6.07, 6.45) is 0. The molecule has 6 nitrogen and oxygen atoms in total. The molecule has 0 spiro atoms. The van der Waals surface area contributed by atoms with Crippen LogP contribution in [0, 0.1) is 12.7 Å². The number of rotatable bonds is 5. The molecule has 0 fully saturated rings. The highest BCUT2D eigenvalue weighted by Gasteiger charge is 2.22. The van der Waals surface area contributed by atoms with Gasteiger partial charge in [-0.3, -0.25) is 5.32 Å². The van der Waals surface area contributed by atoms with Crippen LogP contribution < -0.4 is 5.32 Å². The number of carbonyl (C=O) groups excluding carboxylic acids is 1. The maximum Gasteiger partial charge on any atom is 0.323 e. The first-order chi connectivity index (χ1) is 11.2. The Morgan fingerprint density at radius 3 is 2.54 bits per heavy atom. The van der Waals surface area contributed by atoms with Crippen molar-refractivity contribution in [1.82, 2.24) is 14.7 Å². The molecule has 1 aromatic carbocycles. The molecule has 0 aliphatic rings. The second kappa shape index (κ2) is 7.00. The number of anilines is 1. The minimum Gasteiger partial charge on any atom is -0.389 e. The summed E-state index contributed by atoms with van der Waals surface area (Å²) in [6.45, 7) is 7.67. The van der Waals surface area contributed by atoms with E-state index in [1.165, 1.54) is 17.0 Å². The number of hydrogen-bond acceptors (Lipinski definition) is 3. The van der Waals surface area contributed by atoms with Gasteiger partial charge >= 0.3 is 6.03 Å². The lowest BCUT2D eigenvalue weighted by molar-refractivity contribution is 0.0501. The standard InChI is InChI=1S/C17H23FN4O2/c1-5-21(11-17(3,4)24)16(23)19-15-10-12(2)22(20-15)14-8-6-13(18)7-9-14/h6-10,24H,5,11H2,1-4H3,(H,19,20,23). The third-order valence-electron chi connectivity index (χ3n) is 3.44. The number of nitrogens with zero attached hydrogens (tertiary/aromatic N) is 3. The minimum atomic E-state index is -0.975. The molecule has 0 unspecified atom stereocenters. The summed E-state index contributed by atoms with van der Waals surface area (Å²) in [5, 5.41) is 16.9. The predicted molar refractivity (Wildman–Crippen MR) is 90.8 cm³/mol. The summed E-state index contributed by atoms with van der Waals surface area (Å²) in [5.41, 5.74) is 0.539. The molecule has 1 aromatic heterocycles. The van der Waals surface area contributed by atoms with Gasteiger partial charge in [-0.25, -0.2) is 13.9 Å². The zero-order chi connectivity index (χ0) is 17.9. The van der Waals surface area contributed by atoms with Crippen LogP contribution in [0.2, 0.25) is 0 Å². The van der Waals surface area contributed by atoms with Crippen LogP contribution in [0.25, 0.3) is 5.69 Å². The van der Waals surface area contributed by atoms with E-state index < -0.39 is 5.60 Å². The maximum atomic E-state index is 13.0. The van der Waals surface area contributed by atoms with E-state index >= 15 is 0 Å². The predicted octanol–water partition coefficient (Wildman–Crippen LogP) is 2.94. The molecule has 2 rings (SSSR count). The van der Waals surface area contributed by atoms with Crippen molar-refractivity contribution in [2.75, 3.05) is 18.4 Å². The Hall–Kier alpha value is -2.41. The van der Waals surface area contributed by atoms with Crippen molar-refractivity contribution in [3.05, 3.63) is 41.8 Å². The summed E-state index contributed by atoms with van der Waals surface area (Å²) >= 11 is 0. The fourth-order valence-electron chi connectivity index (χ4n) is 2.36. The van der Waals surface area contributed by atoms with Gasteiger partial charge in [-0.05, 0) is 52.0 Å². The van der Waals surface area contributed by atoms with Gasteiger partial charge in [0.25, 0.3) is 0 Å². The van der Waals surface area contributed by atoms with Crippen LogP contribution in [-0.4, -0.2) is 44.5 Å². The largest absolute Gasteiger partial charge is 0.389 e. The smallest absolute Gasteiger partial charge is 0.323 e. The molecule has 24 heavy (non-hydrogen) atoms. The van der Waals surface area contributed by atoms with E-state index in [1.54, 1.807) is 36.7 Å². The van der Waals surface area contributed by atoms with Gasteiger partial charge < -0.3 is 10.0 Å². The number of aliphatic hydroxyl groups is 1. The third kappa shape index (κ3) is 4.55. The van der Waals surface area contributed by atoms with Gasteiger partial charge in [-0.1, -0.05) is 0 Å². The molecule has 0 aliphatic heterocycles. The lowest BCUT2D eigenvalue weighted by Gasteiger charge is -2.27. The fourth-order valence-corrected chi connectivity index (χ4v) is 2.36. The Labute approximate surface area is 140 Å². The van der Waals surface area contributed by atoms with E-state index in [9.17, 15) is 14.3 Å². The average molecular weight is 334 g/mol. The van der Waals surface area contributed by atoms with Crippen LogP contribution in [0.4, 0.5) is 15.0 Å². The molecule has 0 bridgehead atoms. The zero-order valence-electron chi connectivity index (χ0n) is 14.4. The van der Waals surface area contributed by atoms with Gasteiger partial charge in [-0.15, -0.1) is 5.10 Å². The Morgan fingerprint density at radius 2 is 2.00 bits per heavy atom. The monoisotopic (exact) mass is 334 g/mol. The Morgan fingerprint density at radius 1 is 1.38 bits per heavy atom. The van der Waals surface area contributed by atoms with Crippen molar-refractivity contribution >= 4 is 11.8 Å². The highest BCUT2D eigenvalue weighted by Crippen LogP contribution is 2.16. The van der Waals surface area contributed by atoms with Crippen molar-refractivity contribution < 1.29 is 14.3 Å². The molecule has 0 aliphatic carbocycles. The number of urea groups is 1. The van der Waals surface area contributed by atoms with Crippen molar-refractivity contribution in [2.24, 2.45) is 0 Å². The molecule has 7 heteroatoms. The molecule has 130 valence electrons. The summed E-state index contributed by atoms with van der Waals surface area (Å²) in [5.74, 6) is 0.0818. The van der Waals surface area contributed by atoms with E-state index in [1.807, 2.05) is 13.8 Å². The summed E-state index contributed by atoms with van der Waals surface area (Å²) < 4.78 is 14.7. The molecule has 2 amide bonds. The number of nitrogens with one attached hydrogen (secondary N) is 1. The van der Waals surface area contributed by atoms with Crippen molar-refractivity contribution in [3.8, 4) is 5.69 Å². The second-order valence-electron chi connectivity index (χ2n) is 6.32. The summed E-state index contributed by atoms with van der Waals surface area (Å²) in [6, 6.07) is 7.36. The molecule has 1 heterocycles. The topological polar surface area (TPSA) is 70.4 Å². The SMILES string of the molecule is CCN(CC(C)(C)O)C(=O)Nc1cc(C)n(-c2ccc(F)cc2)n1. The van der Waals surface area contributed by atoms with Gasteiger partial charge in [-0.2, -0.15) is 0 Å². The fraction of sp³-hybridized carbons (Fsp3) is 0.412. The van der Waals surface area contributed by atoms with Crippen molar-refractivity contribution in [1.29, 1.82) is 0 Å². The van der Waals surface area contributed by atoms with Gasteiger partial charge in [0.1, 0.15) is 5.82 Å². The van der Waals surface area contributed by atoms with Gasteiger partial charge in [0, 0.05) is 18.3 Å². The van der Waals surface area contributed by atoms with Crippen molar-refractivity contribution in [3.63, 3.8) is 0 Å². The highest BCUT2D eigenvalue weighted by molar-refractivity contribution is 5.88. The zero-order valence-corrected chi connectivity index (χ0v) is 14.4. The molecular formula is C17H23FN4O2. The van der Waals surface area contributed by atoms with Crippen LogP contribution in [-0.2, 0) is 0 Å². The number of amides is 2. The number of aryl methyl sites for hydroxylation is 1. The van der Waals surface area contributed by atoms with Gasteiger partial charge in [0.2, 0.25) is 0 Å². The number of likely N-dealkylation sites (N-methyl/N-ethyl adjacent to an activating group) is 1. The Balaban J connectivity index is 2.14. The Bertz CT molecular complexity index is 704. The quantitative estimate of drug-likeness (QED) is 0.883. The molecule has 0 atom stereocenters. The first-order valence-electron chi connectivity index (χ1n) is 7.80. The van der Waals surface area contributed by atoms with Crippen molar-refractivity contribution in [2.45, 2.75) is 33.3 Å². The molecule has 0 radical (unpaired) electrons. The summed E-state index contributed by atoms with van der Waals surface area (Å²) in [7, 11) is 0. The Kier molecular flexibility index (Phi) is 5.23. The lowest BCUT2D eigenvalue weighted by atomic mass is 10.1. The van der Waals surface area contributed by atoms with Crippen LogP contribution in [0.5, 0.6) is 0 Å². The molecular weight excluding hydrogens is 311 g/mol. The van der Waals surface area contributed by atoms with E-state index in [0.717, 1.165) is 5.69 Å². The third-order valence-corrected chi connectivity index (χ3v) is 3.44. The van der Waals surface area contributed by atoms with Crippen LogP contribution in [0.1, 0.15) is 26.5 Å². The normalized spacial score (nSPS) is 11.4. The maximum absolute atomic E-state index is 13.0. The van der Waals surface area contributed by atoms with Gasteiger partial charge in [0.05, 0.1) is 17.8 Å². The second-order valence-corrected chi connectivity index (χ2v) is 6.32. The number of hydrogen-bond donors (Lipinski definition) is 2. The average Bonchev–Trinajstić information content (AvgIpc) is 2.85. The van der Waals surface area contributed by atoms with Crippen LogP contribution >= 0.6 is 0 Å². The molecule has 2 aromatic rings. The number of carbonyl (C=O) groups is 1. The van der Waals surface area contributed by atoms with E-state index in [-0.39, 0.29) is 18.4 Å². The number of aromatic nitrogens is 2. The van der Waals surface area contributed by atoms with E-state index in [2.05, 4.69) is 10.4 Å². The first kappa shape index (κ1) is 17.9. The molecule has 2 N–H and O–H groups in total. The first-order valence-corrected chi connectivity index (χ1v) is 7.80. The number of benzene rings is 1. The van der Waals surface area contributed by atoms with Crippen LogP contribution in [0.15, 0.2) is 30.3 Å². The summed E-state index contributed by atoms with van der Waals surface area (Å²) in [4.78, 5) is 13.8. The van der Waals surface area contributed by atoms with E-state index in [0.29, 0.717) is 18.1 Å². The lowest BCUT2D eigenvalue weighted by Crippen LogP contribution is -2.44.